The van der Waals surface area contributed by atoms with Crippen LogP contribution >= 0.6 is 0 Å². The highest BCUT2D eigenvalue weighted by molar-refractivity contribution is 4.93. The van der Waals surface area contributed by atoms with Crippen LogP contribution in [0.3, 0.4) is 0 Å². The van der Waals surface area contributed by atoms with Crippen molar-refractivity contribution in [1.82, 2.24) is 9.91 Å². The van der Waals surface area contributed by atoms with Crippen LogP contribution in [0, 0.1) is 0 Å². The van der Waals surface area contributed by atoms with Gasteiger partial charge in [-0.05, 0) is 19.8 Å². The van der Waals surface area contributed by atoms with Crippen molar-refractivity contribution in [3.05, 3.63) is 12.4 Å². The van der Waals surface area contributed by atoms with Gasteiger partial charge in [-0.1, -0.05) is 13.3 Å². The van der Waals surface area contributed by atoms with Crippen molar-refractivity contribution in [2.45, 2.75) is 39.3 Å². The van der Waals surface area contributed by atoms with Crippen molar-refractivity contribution < 1.29 is 0 Å². The third kappa shape index (κ3) is 1.91. The highest BCUT2D eigenvalue weighted by atomic mass is 15.5. The molecule has 1 aliphatic rings. The van der Waals surface area contributed by atoms with Crippen LogP contribution in [0.2, 0.25) is 0 Å². The van der Waals surface area contributed by atoms with E-state index in [9.17, 15) is 0 Å². The number of hydrogen-bond acceptors (Lipinski definition) is 3. The van der Waals surface area contributed by atoms with Gasteiger partial charge in [0.05, 0.1) is 0 Å². The van der Waals surface area contributed by atoms with E-state index in [1.807, 2.05) is 6.20 Å². The number of nitrogens with two attached hydrogens (primary N) is 1. The summed E-state index contributed by atoms with van der Waals surface area (Å²) in [4.78, 5) is 2.27. The summed E-state index contributed by atoms with van der Waals surface area (Å²) in [5, 5.41) is 1.80. The lowest BCUT2D eigenvalue weighted by Gasteiger charge is -2.28. The second kappa shape index (κ2) is 4.36. The lowest BCUT2D eigenvalue weighted by molar-refractivity contribution is 0.146. The van der Waals surface area contributed by atoms with E-state index in [0.29, 0.717) is 6.17 Å². The van der Waals surface area contributed by atoms with Gasteiger partial charge in [-0.3, -0.25) is 5.01 Å². The maximum absolute atomic E-state index is 5.79. The Balaban J connectivity index is 2.39. The van der Waals surface area contributed by atoms with Gasteiger partial charge in [-0.25, -0.2) is 5.84 Å². The molecule has 1 heterocycles. The summed E-state index contributed by atoms with van der Waals surface area (Å²) in [5.41, 5.74) is 0. The molecule has 3 nitrogen and oxygen atoms in total. The summed E-state index contributed by atoms with van der Waals surface area (Å²) >= 11 is 0. The van der Waals surface area contributed by atoms with Gasteiger partial charge in [0.1, 0.15) is 6.17 Å². The maximum atomic E-state index is 5.79. The van der Waals surface area contributed by atoms with E-state index >= 15 is 0 Å². The number of hydrogen-bond donors (Lipinski definition) is 1. The van der Waals surface area contributed by atoms with Gasteiger partial charge in [0.25, 0.3) is 0 Å². The molecular weight excluding hydrogens is 150 g/mol. The van der Waals surface area contributed by atoms with Crippen LogP contribution in [-0.4, -0.2) is 22.6 Å². The van der Waals surface area contributed by atoms with Crippen LogP contribution in [0.1, 0.15) is 33.1 Å². The minimum atomic E-state index is 0.398. The second-order valence-electron chi connectivity index (χ2n) is 3.20. The molecule has 0 saturated heterocycles. The fourth-order valence-corrected chi connectivity index (χ4v) is 1.55. The molecule has 70 valence electrons. The molecule has 1 rings (SSSR count). The van der Waals surface area contributed by atoms with Gasteiger partial charge in [0.2, 0.25) is 0 Å². The standard InChI is InChI=1S/C9H19N3/c1-3-5-6-9-11(4-2)7-8-12(9)10/h7-9H,3-6,10H2,1-2H3. The molecule has 0 bridgehead atoms. The quantitative estimate of drug-likeness (QED) is 0.647. The zero-order valence-electron chi connectivity index (χ0n) is 8.03. The van der Waals surface area contributed by atoms with Crippen molar-refractivity contribution in [2.75, 3.05) is 6.54 Å². The molecule has 0 saturated carbocycles. The smallest absolute Gasteiger partial charge is 0.115 e. The SMILES string of the molecule is CCCCC1N(N)C=CN1CC. The van der Waals surface area contributed by atoms with E-state index in [2.05, 4.69) is 24.9 Å². The normalized spacial score (nSPS) is 22.4. The van der Waals surface area contributed by atoms with Crippen molar-refractivity contribution in [3.63, 3.8) is 0 Å². The van der Waals surface area contributed by atoms with Gasteiger partial charge in [0, 0.05) is 18.9 Å². The molecule has 1 unspecified atom stereocenters. The second-order valence-corrected chi connectivity index (χ2v) is 3.20. The maximum Gasteiger partial charge on any atom is 0.115 e. The average molecular weight is 169 g/mol. The fourth-order valence-electron chi connectivity index (χ4n) is 1.55. The molecule has 0 aromatic carbocycles. The van der Waals surface area contributed by atoms with Crippen LogP contribution < -0.4 is 5.84 Å². The number of hydrazine groups is 1. The Hall–Kier alpha value is -0.700. The van der Waals surface area contributed by atoms with Crippen LogP contribution in [-0.2, 0) is 0 Å². The zero-order valence-corrected chi connectivity index (χ0v) is 8.03. The topological polar surface area (TPSA) is 32.5 Å². The van der Waals surface area contributed by atoms with Gasteiger partial charge in [-0.15, -0.1) is 0 Å². The summed E-state index contributed by atoms with van der Waals surface area (Å²) < 4.78 is 0. The van der Waals surface area contributed by atoms with Gasteiger partial charge >= 0.3 is 0 Å². The summed E-state index contributed by atoms with van der Waals surface area (Å²) in [6, 6.07) is 0. The summed E-state index contributed by atoms with van der Waals surface area (Å²) in [5.74, 6) is 5.79. The van der Waals surface area contributed by atoms with Crippen LogP contribution in [0.25, 0.3) is 0 Å². The average Bonchev–Trinajstić information content (AvgIpc) is 2.43. The van der Waals surface area contributed by atoms with Crippen LogP contribution in [0.5, 0.6) is 0 Å². The predicted octanol–water partition coefficient (Wildman–Crippen LogP) is 1.49. The molecule has 0 aliphatic carbocycles. The van der Waals surface area contributed by atoms with Crippen LogP contribution in [0.15, 0.2) is 12.4 Å². The molecule has 2 N–H and O–H groups in total. The first-order chi connectivity index (χ1) is 5.79. The minimum absolute atomic E-state index is 0.398. The number of rotatable bonds is 4. The van der Waals surface area contributed by atoms with Crippen LogP contribution in [0.4, 0.5) is 0 Å². The third-order valence-electron chi connectivity index (χ3n) is 2.34. The van der Waals surface area contributed by atoms with E-state index in [-0.39, 0.29) is 0 Å². The van der Waals surface area contributed by atoms with Gasteiger partial charge in [-0.2, -0.15) is 0 Å². The number of nitrogens with zero attached hydrogens (tertiary/aromatic N) is 2. The molecule has 0 amide bonds. The Labute approximate surface area is 74.8 Å². The minimum Gasteiger partial charge on any atom is -0.355 e. The van der Waals surface area contributed by atoms with Crippen molar-refractivity contribution in [3.8, 4) is 0 Å². The first kappa shape index (κ1) is 9.39. The van der Waals surface area contributed by atoms with Gasteiger partial charge in [0.15, 0.2) is 0 Å². The molecule has 0 radical (unpaired) electrons. The van der Waals surface area contributed by atoms with E-state index in [4.69, 9.17) is 5.84 Å². The molecule has 0 aromatic rings. The van der Waals surface area contributed by atoms with Crippen molar-refractivity contribution in [1.29, 1.82) is 0 Å². The van der Waals surface area contributed by atoms with E-state index < -0.39 is 0 Å². The van der Waals surface area contributed by atoms with E-state index in [1.165, 1.54) is 12.8 Å². The summed E-state index contributed by atoms with van der Waals surface area (Å²) in [6.45, 7) is 5.40. The Morgan fingerprint density at radius 2 is 2.08 bits per heavy atom. The Bertz CT molecular complexity index is 156. The van der Waals surface area contributed by atoms with Crippen molar-refractivity contribution in [2.24, 2.45) is 5.84 Å². The monoisotopic (exact) mass is 169 g/mol. The zero-order chi connectivity index (χ0) is 8.97. The molecule has 1 aliphatic heterocycles. The molecule has 0 fully saturated rings. The number of unbranched alkanes of at least 4 members (excludes halogenated alkanes) is 1. The molecular formula is C9H19N3. The Morgan fingerprint density at radius 1 is 1.33 bits per heavy atom. The first-order valence-corrected chi connectivity index (χ1v) is 4.76. The lowest BCUT2D eigenvalue weighted by atomic mass is 10.2. The van der Waals surface area contributed by atoms with Crippen molar-refractivity contribution >= 4 is 0 Å². The molecule has 1 atom stereocenters. The first-order valence-electron chi connectivity index (χ1n) is 4.76. The molecule has 0 spiro atoms. The van der Waals surface area contributed by atoms with E-state index in [1.54, 1.807) is 5.01 Å². The predicted molar refractivity (Wildman–Crippen MR) is 50.9 cm³/mol. The summed E-state index contributed by atoms with van der Waals surface area (Å²) in [7, 11) is 0. The highest BCUT2D eigenvalue weighted by Crippen LogP contribution is 2.16. The molecule has 3 heteroatoms. The summed E-state index contributed by atoms with van der Waals surface area (Å²) in [6.07, 6.45) is 8.06. The third-order valence-corrected chi connectivity index (χ3v) is 2.34. The molecule has 0 aromatic heterocycles. The van der Waals surface area contributed by atoms with E-state index in [0.717, 1.165) is 13.0 Å². The largest absolute Gasteiger partial charge is 0.355 e. The molecule has 12 heavy (non-hydrogen) atoms. The lowest BCUT2D eigenvalue weighted by Crippen LogP contribution is -2.42. The highest BCUT2D eigenvalue weighted by Gasteiger charge is 2.21. The fraction of sp³-hybridized carbons (Fsp3) is 0.778. The Kier molecular flexibility index (Phi) is 3.41. The van der Waals surface area contributed by atoms with Gasteiger partial charge < -0.3 is 4.90 Å². The Morgan fingerprint density at radius 3 is 2.67 bits per heavy atom.